The summed E-state index contributed by atoms with van der Waals surface area (Å²) in [5.74, 6) is 0.462. The highest BCUT2D eigenvalue weighted by molar-refractivity contribution is 6.31. The fraction of sp³-hybridized carbons (Fsp3) is 0.0952. The van der Waals surface area contributed by atoms with Crippen molar-refractivity contribution in [1.29, 1.82) is 0 Å². The topological polar surface area (TPSA) is 21.6 Å². The molecule has 0 bridgehead atoms. The summed E-state index contributed by atoms with van der Waals surface area (Å²) < 4.78 is 18.8. The van der Waals surface area contributed by atoms with Crippen LogP contribution < -0.4 is 4.74 Å². The zero-order chi connectivity index (χ0) is 17.6. The molecule has 0 saturated carbocycles. The van der Waals surface area contributed by atoms with Gasteiger partial charge in [-0.05, 0) is 72.1 Å². The van der Waals surface area contributed by atoms with Crippen molar-refractivity contribution in [2.45, 2.75) is 13.5 Å². The zero-order valence-corrected chi connectivity index (χ0v) is 14.5. The number of halogens is 2. The van der Waals surface area contributed by atoms with Gasteiger partial charge in [0.2, 0.25) is 0 Å². The van der Waals surface area contributed by atoms with Gasteiger partial charge in [-0.2, -0.15) is 0 Å². The fourth-order valence-electron chi connectivity index (χ4n) is 2.25. The average molecular weight is 354 g/mol. The van der Waals surface area contributed by atoms with E-state index in [4.69, 9.17) is 16.3 Å². The Morgan fingerprint density at radius 2 is 1.84 bits per heavy atom. The quantitative estimate of drug-likeness (QED) is 0.506. The van der Waals surface area contributed by atoms with E-state index in [1.807, 2.05) is 55.5 Å². The van der Waals surface area contributed by atoms with Crippen LogP contribution in [0, 0.1) is 12.7 Å². The molecule has 3 aromatic carbocycles. The third-order valence-corrected chi connectivity index (χ3v) is 4.10. The molecule has 0 amide bonds. The Bertz CT molecular complexity index is 891. The first-order valence-corrected chi connectivity index (χ1v) is 8.25. The summed E-state index contributed by atoms with van der Waals surface area (Å²) in [5, 5.41) is 0.704. The predicted octanol–water partition coefficient (Wildman–Crippen LogP) is 6.12. The standard InChI is InChI=1S/C21H17ClFNO/c1-15-5-8-19(12-21(15)22)24-13-16-6-9-20(10-7-16)25-14-17-3-2-4-18(23)11-17/h2-13H,14H2,1H3. The highest BCUT2D eigenvalue weighted by Crippen LogP contribution is 2.22. The lowest BCUT2D eigenvalue weighted by Crippen LogP contribution is -1.96. The van der Waals surface area contributed by atoms with Gasteiger partial charge in [0.1, 0.15) is 18.2 Å². The molecule has 0 saturated heterocycles. The Morgan fingerprint density at radius 1 is 1.04 bits per heavy atom. The Labute approximate surface area is 151 Å². The molecule has 4 heteroatoms. The van der Waals surface area contributed by atoms with Gasteiger partial charge >= 0.3 is 0 Å². The first-order chi connectivity index (χ1) is 12.1. The normalized spacial score (nSPS) is 11.0. The molecule has 0 heterocycles. The SMILES string of the molecule is Cc1ccc(N=Cc2ccc(OCc3cccc(F)c3)cc2)cc1Cl. The van der Waals surface area contributed by atoms with Crippen LogP contribution in [-0.2, 0) is 6.61 Å². The molecule has 0 radical (unpaired) electrons. The van der Waals surface area contributed by atoms with Crippen LogP contribution in [0.15, 0.2) is 71.7 Å². The molecule has 3 aromatic rings. The van der Waals surface area contributed by atoms with Crippen LogP contribution >= 0.6 is 11.6 Å². The van der Waals surface area contributed by atoms with Crippen molar-refractivity contribution in [3.05, 3.63) is 94.3 Å². The molecular formula is C21H17ClFNO. The summed E-state index contributed by atoms with van der Waals surface area (Å²) in [7, 11) is 0. The van der Waals surface area contributed by atoms with Crippen LogP contribution in [0.1, 0.15) is 16.7 Å². The summed E-state index contributed by atoms with van der Waals surface area (Å²) in [4.78, 5) is 4.42. The van der Waals surface area contributed by atoms with Gasteiger partial charge in [0.15, 0.2) is 0 Å². The number of aliphatic imine (C=N–C) groups is 1. The van der Waals surface area contributed by atoms with Gasteiger partial charge in [-0.1, -0.05) is 29.8 Å². The van der Waals surface area contributed by atoms with Crippen LogP contribution in [0.5, 0.6) is 5.75 Å². The van der Waals surface area contributed by atoms with E-state index in [0.717, 1.165) is 28.1 Å². The van der Waals surface area contributed by atoms with E-state index < -0.39 is 0 Å². The van der Waals surface area contributed by atoms with Gasteiger partial charge in [-0.25, -0.2) is 4.39 Å². The van der Waals surface area contributed by atoms with Gasteiger partial charge in [0.05, 0.1) is 5.69 Å². The Hall–Kier alpha value is -2.65. The van der Waals surface area contributed by atoms with Gasteiger partial charge in [0, 0.05) is 11.2 Å². The summed E-state index contributed by atoms with van der Waals surface area (Å²) >= 11 is 6.10. The van der Waals surface area contributed by atoms with E-state index in [0.29, 0.717) is 11.6 Å². The number of hydrogen-bond acceptors (Lipinski definition) is 2. The second-order valence-corrected chi connectivity index (χ2v) is 6.09. The lowest BCUT2D eigenvalue weighted by molar-refractivity contribution is 0.305. The molecule has 25 heavy (non-hydrogen) atoms. The average Bonchev–Trinajstić information content (AvgIpc) is 2.62. The molecule has 0 aliphatic carbocycles. The second-order valence-electron chi connectivity index (χ2n) is 5.68. The number of aryl methyl sites for hydroxylation is 1. The fourth-order valence-corrected chi connectivity index (χ4v) is 2.43. The third kappa shape index (κ3) is 4.91. The smallest absolute Gasteiger partial charge is 0.123 e. The zero-order valence-electron chi connectivity index (χ0n) is 13.7. The summed E-state index contributed by atoms with van der Waals surface area (Å²) in [6.45, 7) is 2.28. The van der Waals surface area contributed by atoms with E-state index >= 15 is 0 Å². The minimum Gasteiger partial charge on any atom is -0.489 e. The first kappa shape index (κ1) is 17.2. The van der Waals surface area contributed by atoms with Gasteiger partial charge in [-0.15, -0.1) is 0 Å². The van der Waals surface area contributed by atoms with Crippen LogP contribution in [0.2, 0.25) is 5.02 Å². The summed E-state index contributed by atoms with van der Waals surface area (Å²) in [5.41, 5.74) is 3.58. The Balaban J connectivity index is 1.61. The van der Waals surface area contributed by atoms with E-state index in [1.54, 1.807) is 12.3 Å². The first-order valence-electron chi connectivity index (χ1n) is 7.88. The van der Waals surface area contributed by atoms with Gasteiger partial charge in [0.25, 0.3) is 0 Å². The maximum absolute atomic E-state index is 13.1. The number of rotatable bonds is 5. The van der Waals surface area contributed by atoms with Crippen LogP contribution in [0.3, 0.4) is 0 Å². The van der Waals surface area contributed by atoms with Crippen molar-refractivity contribution in [2.75, 3.05) is 0 Å². The number of benzene rings is 3. The van der Waals surface area contributed by atoms with Crippen LogP contribution in [-0.4, -0.2) is 6.21 Å². The van der Waals surface area contributed by atoms with Crippen molar-refractivity contribution < 1.29 is 9.13 Å². The number of ether oxygens (including phenoxy) is 1. The van der Waals surface area contributed by atoms with Crippen molar-refractivity contribution in [3.63, 3.8) is 0 Å². The predicted molar refractivity (Wildman–Crippen MR) is 101 cm³/mol. The van der Waals surface area contributed by atoms with Crippen molar-refractivity contribution in [1.82, 2.24) is 0 Å². The van der Waals surface area contributed by atoms with Gasteiger partial charge in [-0.3, -0.25) is 4.99 Å². The molecule has 0 atom stereocenters. The van der Waals surface area contributed by atoms with Crippen LogP contribution in [0.25, 0.3) is 0 Å². The van der Waals surface area contributed by atoms with Crippen molar-refractivity contribution >= 4 is 23.5 Å². The molecule has 126 valence electrons. The molecule has 0 aliphatic heterocycles. The Morgan fingerprint density at radius 3 is 2.56 bits per heavy atom. The third-order valence-electron chi connectivity index (χ3n) is 3.69. The van der Waals surface area contributed by atoms with E-state index in [2.05, 4.69) is 4.99 Å². The van der Waals surface area contributed by atoms with Gasteiger partial charge < -0.3 is 4.74 Å². The van der Waals surface area contributed by atoms with Crippen molar-refractivity contribution in [3.8, 4) is 5.75 Å². The van der Waals surface area contributed by atoms with Crippen molar-refractivity contribution in [2.24, 2.45) is 4.99 Å². The van der Waals surface area contributed by atoms with E-state index in [9.17, 15) is 4.39 Å². The molecule has 0 fully saturated rings. The lowest BCUT2D eigenvalue weighted by Gasteiger charge is -2.06. The molecule has 2 nitrogen and oxygen atoms in total. The molecular weight excluding hydrogens is 337 g/mol. The maximum Gasteiger partial charge on any atom is 0.123 e. The highest BCUT2D eigenvalue weighted by atomic mass is 35.5. The maximum atomic E-state index is 13.1. The molecule has 0 N–H and O–H groups in total. The minimum absolute atomic E-state index is 0.260. The molecule has 3 rings (SSSR count). The number of nitrogens with zero attached hydrogens (tertiary/aromatic N) is 1. The minimum atomic E-state index is -0.260. The number of hydrogen-bond donors (Lipinski definition) is 0. The highest BCUT2D eigenvalue weighted by Gasteiger charge is 1.99. The Kier molecular flexibility index (Phi) is 5.46. The molecule has 0 aromatic heterocycles. The summed E-state index contributed by atoms with van der Waals surface area (Å²) in [6.07, 6.45) is 1.78. The molecule has 0 spiro atoms. The second kappa shape index (κ2) is 7.95. The van der Waals surface area contributed by atoms with E-state index in [-0.39, 0.29) is 5.82 Å². The molecule has 0 aliphatic rings. The largest absolute Gasteiger partial charge is 0.489 e. The lowest BCUT2D eigenvalue weighted by atomic mass is 10.2. The molecule has 0 unspecified atom stereocenters. The van der Waals surface area contributed by atoms with Crippen LogP contribution in [0.4, 0.5) is 10.1 Å². The summed E-state index contributed by atoms with van der Waals surface area (Å²) in [6, 6.07) is 19.6. The monoisotopic (exact) mass is 353 g/mol. The van der Waals surface area contributed by atoms with E-state index in [1.165, 1.54) is 12.1 Å².